The molecule has 0 saturated carbocycles. The Morgan fingerprint density at radius 3 is 3.12 bits per heavy atom. The van der Waals surface area contributed by atoms with Crippen LogP contribution in [0.25, 0.3) is 0 Å². The molecule has 0 fully saturated rings. The Kier molecular flexibility index (Phi) is 3.47. The Bertz CT molecular complexity index is 441. The number of carbonyl (C=O) groups excluding carboxylic acids is 2. The van der Waals surface area contributed by atoms with E-state index in [1.54, 1.807) is 25.2 Å². The minimum absolute atomic E-state index is 0.00630. The van der Waals surface area contributed by atoms with Gasteiger partial charge in [0.15, 0.2) is 5.78 Å². The molecule has 92 valence electrons. The van der Waals surface area contributed by atoms with E-state index in [1.807, 2.05) is 11.4 Å². The largest absolute Gasteiger partial charge is 0.450 e. The molecule has 2 rings (SSSR count). The summed E-state index contributed by atoms with van der Waals surface area (Å²) in [5.41, 5.74) is 0.759. The van der Waals surface area contributed by atoms with Gasteiger partial charge >= 0.3 is 6.09 Å². The van der Waals surface area contributed by atoms with E-state index in [4.69, 9.17) is 4.74 Å². The lowest BCUT2D eigenvalue weighted by atomic mass is 10.1. The first-order valence-electron chi connectivity index (χ1n) is 5.69. The Labute approximate surface area is 104 Å². The molecule has 0 bridgehead atoms. The maximum absolute atomic E-state index is 12.2. The van der Waals surface area contributed by atoms with Crippen molar-refractivity contribution in [3.05, 3.63) is 21.9 Å². The van der Waals surface area contributed by atoms with Crippen LogP contribution >= 0.6 is 11.3 Å². The van der Waals surface area contributed by atoms with Crippen LogP contribution in [0.4, 0.5) is 4.79 Å². The van der Waals surface area contributed by atoms with Crippen molar-refractivity contribution >= 4 is 23.2 Å². The molecule has 0 aromatic carbocycles. The minimum Gasteiger partial charge on any atom is -0.450 e. The third-order valence-electron chi connectivity index (χ3n) is 2.94. The van der Waals surface area contributed by atoms with Crippen LogP contribution in [0.15, 0.2) is 11.4 Å². The molecule has 1 aromatic heterocycles. The molecular weight excluding hydrogens is 238 g/mol. The van der Waals surface area contributed by atoms with E-state index < -0.39 is 12.1 Å². The van der Waals surface area contributed by atoms with E-state index >= 15 is 0 Å². The Hall–Kier alpha value is -1.36. The maximum atomic E-state index is 12.2. The number of ether oxygens (including phenoxy) is 1. The number of nitrogens with zero attached hydrogens (tertiary/aromatic N) is 1. The van der Waals surface area contributed by atoms with Crippen molar-refractivity contribution in [1.29, 1.82) is 0 Å². The standard InChI is InChI=1S/C12H15NO3S/c1-3-16-12(15)13-6-4-10-9(5-7-17-10)11(14)8(13)2/h5,7-8H,3-4,6H2,1-2H3/t8-/m0/s1. The van der Waals surface area contributed by atoms with Gasteiger partial charge in [0.05, 0.1) is 12.6 Å². The smallest absolute Gasteiger partial charge is 0.410 e. The maximum Gasteiger partial charge on any atom is 0.410 e. The normalized spacial score (nSPS) is 19.8. The zero-order valence-corrected chi connectivity index (χ0v) is 10.8. The highest BCUT2D eigenvalue weighted by atomic mass is 32.1. The van der Waals surface area contributed by atoms with Crippen LogP contribution in [0.5, 0.6) is 0 Å². The zero-order valence-electron chi connectivity index (χ0n) is 9.93. The van der Waals surface area contributed by atoms with Gasteiger partial charge < -0.3 is 4.74 Å². The van der Waals surface area contributed by atoms with E-state index in [9.17, 15) is 9.59 Å². The molecule has 5 heteroatoms. The first kappa shape index (κ1) is 12.1. The molecule has 0 spiro atoms. The molecule has 0 unspecified atom stereocenters. The summed E-state index contributed by atoms with van der Waals surface area (Å²) in [4.78, 5) is 26.5. The molecule has 1 atom stereocenters. The average Bonchev–Trinajstić information content (AvgIpc) is 2.72. The fourth-order valence-electron chi connectivity index (χ4n) is 1.99. The van der Waals surface area contributed by atoms with Gasteiger partial charge in [0.1, 0.15) is 0 Å². The monoisotopic (exact) mass is 253 g/mol. The topological polar surface area (TPSA) is 46.6 Å². The number of amides is 1. The number of hydrogen-bond donors (Lipinski definition) is 0. The van der Waals surface area contributed by atoms with Gasteiger partial charge in [-0.1, -0.05) is 0 Å². The third kappa shape index (κ3) is 2.20. The molecular formula is C12H15NO3S. The van der Waals surface area contributed by atoms with Gasteiger partial charge in [-0.15, -0.1) is 11.3 Å². The second-order valence-corrected chi connectivity index (χ2v) is 4.94. The highest BCUT2D eigenvalue weighted by Gasteiger charge is 2.32. The molecule has 1 aromatic rings. The van der Waals surface area contributed by atoms with Crippen molar-refractivity contribution in [2.75, 3.05) is 13.2 Å². The van der Waals surface area contributed by atoms with E-state index in [1.165, 1.54) is 4.90 Å². The van der Waals surface area contributed by atoms with Crippen LogP contribution < -0.4 is 0 Å². The molecule has 0 radical (unpaired) electrons. The van der Waals surface area contributed by atoms with E-state index in [-0.39, 0.29) is 5.78 Å². The predicted octanol–water partition coefficient (Wildman–Crippen LogP) is 2.33. The molecule has 17 heavy (non-hydrogen) atoms. The van der Waals surface area contributed by atoms with Crippen molar-refractivity contribution in [1.82, 2.24) is 4.90 Å². The third-order valence-corrected chi connectivity index (χ3v) is 3.92. The lowest BCUT2D eigenvalue weighted by Gasteiger charge is -2.24. The van der Waals surface area contributed by atoms with Gasteiger partial charge in [-0.25, -0.2) is 4.79 Å². The highest BCUT2D eigenvalue weighted by molar-refractivity contribution is 7.10. The Balaban J connectivity index is 2.23. The van der Waals surface area contributed by atoms with Crippen LogP contribution in [-0.4, -0.2) is 36.0 Å². The lowest BCUT2D eigenvalue weighted by molar-refractivity contribution is 0.0737. The van der Waals surface area contributed by atoms with Crippen LogP contribution in [-0.2, 0) is 11.2 Å². The second kappa shape index (κ2) is 4.87. The number of fused-ring (bicyclic) bond motifs is 1. The van der Waals surface area contributed by atoms with Crippen LogP contribution in [0.3, 0.4) is 0 Å². The Morgan fingerprint density at radius 2 is 2.41 bits per heavy atom. The number of rotatable bonds is 1. The summed E-state index contributed by atoms with van der Waals surface area (Å²) in [5, 5.41) is 1.93. The van der Waals surface area contributed by atoms with Gasteiger partial charge in [0.2, 0.25) is 0 Å². The van der Waals surface area contributed by atoms with Crippen molar-refractivity contribution in [3.8, 4) is 0 Å². The van der Waals surface area contributed by atoms with Crippen molar-refractivity contribution in [2.24, 2.45) is 0 Å². The van der Waals surface area contributed by atoms with Crippen LogP contribution in [0.1, 0.15) is 29.1 Å². The summed E-state index contributed by atoms with van der Waals surface area (Å²) in [6.07, 6.45) is 0.325. The highest BCUT2D eigenvalue weighted by Crippen LogP contribution is 2.24. The van der Waals surface area contributed by atoms with Gasteiger partial charge in [0, 0.05) is 23.4 Å². The van der Waals surface area contributed by atoms with E-state index in [0.29, 0.717) is 13.2 Å². The summed E-state index contributed by atoms with van der Waals surface area (Å²) in [7, 11) is 0. The first-order chi connectivity index (χ1) is 8.15. The molecule has 4 nitrogen and oxygen atoms in total. The molecule has 2 heterocycles. The molecule has 0 saturated heterocycles. The summed E-state index contributed by atoms with van der Waals surface area (Å²) in [5.74, 6) is 0.00630. The molecule has 0 N–H and O–H groups in total. The van der Waals surface area contributed by atoms with Gasteiger partial charge in [-0.05, 0) is 25.3 Å². The first-order valence-corrected chi connectivity index (χ1v) is 6.57. The summed E-state index contributed by atoms with van der Waals surface area (Å²) >= 11 is 1.57. The van der Waals surface area contributed by atoms with Crippen LogP contribution in [0.2, 0.25) is 0 Å². The van der Waals surface area contributed by atoms with Crippen LogP contribution in [0, 0.1) is 0 Å². The Morgan fingerprint density at radius 1 is 1.65 bits per heavy atom. The molecule has 1 aliphatic heterocycles. The van der Waals surface area contributed by atoms with Gasteiger partial charge in [-0.3, -0.25) is 9.69 Å². The summed E-state index contributed by atoms with van der Waals surface area (Å²) in [6, 6.07) is 1.40. The number of hydrogen-bond acceptors (Lipinski definition) is 4. The molecule has 0 aliphatic carbocycles. The number of Topliss-reactive ketones (excluding diaryl/α,β-unsaturated/α-hetero) is 1. The zero-order chi connectivity index (χ0) is 12.4. The average molecular weight is 253 g/mol. The molecule has 1 amide bonds. The number of ketones is 1. The van der Waals surface area contributed by atoms with Crippen molar-refractivity contribution in [3.63, 3.8) is 0 Å². The van der Waals surface area contributed by atoms with Crippen molar-refractivity contribution < 1.29 is 14.3 Å². The van der Waals surface area contributed by atoms with E-state index in [2.05, 4.69) is 0 Å². The van der Waals surface area contributed by atoms with Gasteiger partial charge in [-0.2, -0.15) is 0 Å². The minimum atomic E-state index is -0.440. The fourth-order valence-corrected chi connectivity index (χ4v) is 2.86. The predicted molar refractivity (Wildman–Crippen MR) is 65.5 cm³/mol. The van der Waals surface area contributed by atoms with E-state index in [0.717, 1.165) is 16.9 Å². The SMILES string of the molecule is CCOC(=O)N1CCc2sccc2C(=O)[C@@H]1C. The summed E-state index contributed by atoms with van der Waals surface area (Å²) in [6.45, 7) is 4.39. The molecule has 1 aliphatic rings. The fraction of sp³-hybridized carbons (Fsp3) is 0.500. The summed E-state index contributed by atoms with van der Waals surface area (Å²) < 4.78 is 4.97. The number of carbonyl (C=O) groups is 2. The van der Waals surface area contributed by atoms with Gasteiger partial charge in [0.25, 0.3) is 0 Å². The number of thiophene rings is 1. The lowest BCUT2D eigenvalue weighted by Crippen LogP contribution is -2.43. The van der Waals surface area contributed by atoms with Crippen molar-refractivity contribution in [2.45, 2.75) is 26.3 Å². The second-order valence-electron chi connectivity index (χ2n) is 3.94. The quantitative estimate of drug-likeness (QED) is 0.771.